The molecule has 0 radical (unpaired) electrons. The summed E-state index contributed by atoms with van der Waals surface area (Å²) in [5, 5.41) is 8.36. The molecule has 0 spiro atoms. The first-order chi connectivity index (χ1) is 12.9. The minimum atomic E-state index is -0.540. The lowest BCUT2D eigenvalue weighted by molar-refractivity contribution is -0.132. The van der Waals surface area contributed by atoms with Crippen LogP contribution in [0.15, 0.2) is 30.5 Å². The number of nitrogens with zero attached hydrogens (tertiary/aromatic N) is 5. The fourth-order valence-corrected chi connectivity index (χ4v) is 3.72. The number of aryl methyl sites for hydroxylation is 1. The van der Waals surface area contributed by atoms with E-state index in [1.54, 1.807) is 17.9 Å². The molecule has 4 rings (SSSR count). The number of fused-ring (bicyclic) bond motifs is 1. The highest BCUT2D eigenvalue weighted by Crippen LogP contribution is 2.37. The second-order valence-electron chi connectivity index (χ2n) is 6.93. The SMILES string of the molecule is CNC(=O)C1(Cc2ccc(Cl)cc2)CN(c2nc(N)c3cnn(C)c3n2)C1. The lowest BCUT2D eigenvalue weighted by atomic mass is 9.74. The van der Waals surface area contributed by atoms with Gasteiger partial charge in [-0.15, -0.1) is 0 Å². The number of amides is 1. The number of hydrogen-bond acceptors (Lipinski definition) is 6. The molecule has 3 heterocycles. The number of aromatic nitrogens is 4. The van der Waals surface area contributed by atoms with Crippen molar-refractivity contribution in [2.24, 2.45) is 12.5 Å². The maximum Gasteiger partial charge on any atom is 0.229 e. The summed E-state index contributed by atoms with van der Waals surface area (Å²) >= 11 is 5.97. The van der Waals surface area contributed by atoms with Crippen LogP contribution in [0.5, 0.6) is 0 Å². The lowest BCUT2D eigenvalue weighted by Gasteiger charge is -2.48. The quantitative estimate of drug-likeness (QED) is 0.703. The van der Waals surface area contributed by atoms with E-state index >= 15 is 0 Å². The van der Waals surface area contributed by atoms with Gasteiger partial charge in [-0.1, -0.05) is 23.7 Å². The summed E-state index contributed by atoms with van der Waals surface area (Å²) in [6.45, 7) is 1.02. The van der Waals surface area contributed by atoms with Crippen molar-refractivity contribution in [3.05, 3.63) is 41.0 Å². The Labute approximate surface area is 161 Å². The minimum absolute atomic E-state index is 0.00304. The Kier molecular flexibility index (Phi) is 4.15. The number of halogens is 1. The highest BCUT2D eigenvalue weighted by molar-refractivity contribution is 6.30. The fraction of sp³-hybridized carbons (Fsp3) is 0.333. The molecule has 3 aromatic rings. The predicted molar refractivity (Wildman–Crippen MR) is 105 cm³/mol. The molecule has 2 aromatic heterocycles. The van der Waals surface area contributed by atoms with Crippen molar-refractivity contribution in [2.45, 2.75) is 6.42 Å². The van der Waals surface area contributed by atoms with Crippen LogP contribution >= 0.6 is 11.6 Å². The molecule has 1 amide bonds. The zero-order valence-electron chi connectivity index (χ0n) is 15.1. The van der Waals surface area contributed by atoms with E-state index in [2.05, 4.69) is 20.4 Å². The van der Waals surface area contributed by atoms with Crippen LogP contribution in [-0.4, -0.2) is 45.8 Å². The summed E-state index contributed by atoms with van der Waals surface area (Å²) in [7, 11) is 3.47. The number of hydrogen-bond donors (Lipinski definition) is 2. The zero-order chi connectivity index (χ0) is 19.2. The first-order valence-corrected chi connectivity index (χ1v) is 8.96. The van der Waals surface area contributed by atoms with Crippen LogP contribution in [0.2, 0.25) is 5.02 Å². The highest BCUT2D eigenvalue weighted by Gasteiger charge is 2.49. The molecule has 0 unspecified atom stereocenters. The van der Waals surface area contributed by atoms with E-state index in [0.717, 1.165) is 10.9 Å². The van der Waals surface area contributed by atoms with Gasteiger partial charge in [0, 0.05) is 32.2 Å². The molecule has 0 aliphatic carbocycles. The van der Waals surface area contributed by atoms with Gasteiger partial charge in [0.1, 0.15) is 5.82 Å². The molecule has 3 N–H and O–H groups in total. The van der Waals surface area contributed by atoms with E-state index in [1.807, 2.05) is 36.2 Å². The molecule has 1 saturated heterocycles. The Hall–Kier alpha value is -2.87. The standard InChI is InChI=1S/C18H20ClN7O/c1-21-16(27)18(7-11-3-5-12(19)6-4-11)9-26(10-18)17-23-14(20)13-8-22-25(2)15(13)24-17/h3-6,8H,7,9-10H2,1-2H3,(H,21,27)(H2,20,23,24). The Bertz CT molecular complexity index is 1010. The third kappa shape index (κ3) is 2.95. The molecule has 1 aromatic carbocycles. The Balaban J connectivity index is 1.60. The van der Waals surface area contributed by atoms with E-state index in [-0.39, 0.29) is 5.91 Å². The van der Waals surface area contributed by atoms with E-state index in [4.69, 9.17) is 17.3 Å². The van der Waals surface area contributed by atoms with E-state index in [1.165, 1.54) is 0 Å². The largest absolute Gasteiger partial charge is 0.383 e. The van der Waals surface area contributed by atoms with Crippen LogP contribution in [0.4, 0.5) is 11.8 Å². The van der Waals surface area contributed by atoms with Crippen molar-refractivity contribution in [1.82, 2.24) is 25.1 Å². The molecule has 0 saturated carbocycles. The Morgan fingerprint density at radius 2 is 2.00 bits per heavy atom. The number of carbonyl (C=O) groups is 1. The minimum Gasteiger partial charge on any atom is -0.383 e. The zero-order valence-corrected chi connectivity index (χ0v) is 15.9. The average Bonchev–Trinajstić information content (AvgIpc) is 3.00. The highest BCUT2D eigenvalue weighted by atomic mass is 35.5. The maximum absolute atomic E-state index is 12.6. The normalized spacial score (nSPS) is 15.6. The van der Waals surface area contributed by atoms with Crippen molar-refractivity contribution >= 4 is 40.3 Å². The van der Waals surface area contributed by atoms with Crippen LogP contribution < -0.4 is 16.0 Å². The topological polar surface area (TPSA) is 102 Å². The van der Waals surface area contributed by atoms with Gasteiger partial charge < -0.3 is 16.0 Å². The van der Waals surface area contributed by atoms with Crippen molar-refractivity contribution in [1.29, 1.82) is 0 Å². The number of benzene rings is 1. The second kappa shape index (κ2) is 6.38. The van der Waals surface area contributed by atoms with Gasteiger partial charge in [-0.2, -0.15) is 15.1 Å². The van der Waals surface area contributed by atoms with Crippen molar-refractivity contribution in [3.8, 4) is 0 Å². The molecule has 0 bridgehead atoms. The van der Waals surface area contributed by atoms with E-state index in [0.29, 0.717) is 41.9 Å². The summed E-state index contributed by atoms with van der Waals surface area (Å²) in [5.41, 5.74) is 7.25. The molecule has 1 aliphatic heterocycles. The molecule has 1 fully saturated rings. The fourth-order valence-electron chi connectivity index (χ4n) is 3.59. The number of carbonyl (C=O) groups excluding carboxylic acids is 1. The number of rotatable bonds is 4. The van der Waals surface area contributed by atoms with Gasteiger partial charge in [0.2, 0.25) is 11.9 Å². The van der Waals surface area contributed by atoms with Gasteiger partial charge in [0.05, 0.1) is 17.0 Å². The van der Waals surface area contributed by atoms with Crippen molar-refractivity contribution < 1.29 is 4.79 Å². The Morgan fingerprint density at radius 3 is 2.67 bits per heavy atom. The molecule has 1 aliphatic rings. The van der Waals surface area contributed by atoms with Crippen LogP contribution in [0, 0.1) is 5.41 Å². The maximum atomic E-state index is 12.6. The van der Waals surface area contributed by atoms with Crippen molar-refractivity contribution in [2.75, 3.05) is 30.8 Å². The first-order valence-electron chi connectivity index (χ1n) is 8.59. The predicted octanol–water partition coefficient (Wildman–Crippen LogP) is 1.39. The monoisotopic (exact) mass is 385 g/mol. The smallest absolute Gasteiger partial charge is 0.229 e. The van der Waals surface area contributed by atoms with Crippen LogP contribution in [0.3, 0.4) is 0 Å². The van der Waals surface area contributed by atoms with Gasteiger partial charge >= 0.3 is 0 Å². The number of nitrogens with two attached hydrogens (primary N) is 1. The summed E-state index contributed by atoms with van der Waals surface area (Å²) in [6.07, 6.45) is 2.27. The molecule has 0 atom stereocenters. The van der Waals surface area contributed by atoms with Gasteiger partial charge in [-0.3, -0.25) is 9.48 Å². The van der Waals surface area contributed by atoms with Gasteiger partial charge in [-0.05, 0) is 24.1 Å². The third-order valence-corrected chi connectivity index (χ3v) is 5.30. The Morgan fingerprint density at radius 1 is 1.30 bits per heavy atom. The molecule has 27 heavy (non-hydrogen) atoms. The number of anilines is 2. The van der Waals surface area contributed by atoms with Gasteiger partial charge in [0.15, 0.2) is 5.65 Å². The molecular weight excluding hydrogens is 366 g/mol. The summed E-state index contributed by atoms with van der Waals surface area (Å²) < 4.78 is 1.66. The van der Waals surface area contributed by atoms with E-state index in [9.17, 15) is 4.79 Å². The number of nitrogens with one attached hydrogen (secondary N) is 1. The van der Waals surface area contributed by atoms with Crippen LogP contribution in [-0.2, 0) is 18.3 Å². The van der Waals surface area contributed by atoms with E-state index < -0.39 is 5.41 Å². The summed E-state index contributed by atoms with van der Waals surface area (Å²) in [5.74, 6) is 0.903. The summed E-state index contributed by atoms with van der Waals surface area (Å²) in [4.78, 5) is 23.5. The third-order valence-electron chi connectivity index (χ3n) is 5.04. The lowest BCUT2D eigenvalue weighted by Crippen LogP contribution is -2.64. The second-order valence-corrected chi connectivity index (χ2v) is 7.37. The molecule has 140 valence electrons. The molecular formula is C18H20ClN7O. The summed E-state index contributed by atoms with van der Waals surface area (Å²) in [6, 6.07) is 7.58. The van der Waals surface area contributed by atoms with Gasteiger partial charge in [0.25, 0.3) is 0 Å². The molecule has 8 nitrogen and oxygen atoms in total. The van der Waals surface area contributed by atoms with Crippen molar-refractivity contribution in [3.63, 3.8) is 0 Å². The van der Waals surface area contributed by atoms with Gasteiger partial charge in [-0.25, -0.2) is 0 Å². The van der Waals surface area contributed by atoms with Crippen LogP contribution in [0.1, 0.15) is 5.56 Å². The first kappa shape index (κ1) is 17.5. The average molecular weight is 386 g/mol. The molecule has 9 heteroatoms. The number of nitrogen functional groups attached to an aromatic ring is 1. The van der Waals surface area contributed by atoms with Crippen LogP contribution in [0.25, 0.3) is 11.0 Å².